The molecule has 0 unspecified atom stereocenters. The molecule has 0 heterocycles. The summed E-state index contributed by atoms with van der Waals surface area (Å²) in [5.41, 5.74) is -2.08. The third kappa shape index (κ3) is 1.62. The second-order valence-corrected chi connectivity index (χ2v) is 5.05. The standard InChI is InChI=1S/C14H4Cl2O4/c15-11-12(16)14(20)8-4-6-5(3-7(8)13(11)19)9(17)1-2-10(6)18/h1-4H. The van der Waals surface area contributed by atoms with Gasteiger partial charge in [-0.2, -0.15) is 0 Å². The topological polar surface area (TPSA) is 68.3 Å². The first-order chi connectivity index (χ1) is 9.41. The molecular formula is C14H4Cl2O4. The van der Waals surface area contributed by atoms with Crippen LogP contribution in [0.5, 0.6) is 0 Å². The highest BCUT2D eigenvalue weighted by Gasteiger charge is 2.15. The number of halogens is 2. The molecule has 0 N–H and O–H groups in total. The highest BCUT2D eigenvalue weighted by Crippen LogP contribution is 2.20. The summed E-state index contributed by atoms with van der Waals surface area (Å²) in [6.45, 7) is 0. The highest BCUT2D eigenvalue weighted by atomic mass is 35.5. The van der Waals surface area contributed by atoms with Crippen molar-refractivity contribution in [2.75, 3.05) is 0 Å². The van der Waals surface area contributed by atoms with Gasteiger partial charge in [0.2, 0.25) is 10.9 Å². The fourth-order valence-electron chi connectivity index (χ4n) is 2.15. The molecule has 98 valence electrons. The lowest BCUT2D eigenvalue weighted by molar-refractivity contribution is 1.57. The van der Waals surface area contributed by atoms with E-state index in [1.165, 1.54) is 12.1 Å². The van der Waals surface area contributed by atoms with E-state index in [1.54, 1.807) is 0 Å². The van der Waals surface area contributed by atoms with Crippen molar-refractivity contribution in [2.45, 2.75) is 0 Å². The lowest BCUT2D eigenvalue weighted by atomic mass is 10.0. The zero-order chi connectivity index (χ0) is 14.6. The molecule has 0 aliphatic carbocycles. The number of hydrogen-bond donors (Lipinski definition) is 0. The summed E-state index contributed by atoms with van der Waals surface area (Å²) < 4.78 is 0. The van der Waals surface area contributed by atoms with Gasteiger partial charge in [-0.15, -0.1) is 0 Å². The summed E-state index contributed by atoms with van der Waals surface area (Å²) in [7, 11) is 0. The maximum atomic E-state index is 12.0. The minimum Gasteiger partial charge on any atom is -0.289 e. The minimum atomic E-state index is -0.635. The smallest absolute Gasteiger partial charge is 0.206 e. The van der Waals surface area contributed by atoms with Crippen molar-refractivity contribution in [1.82, 2.24) is 0 Å². The Bertz CT molecular complexity index is 1000. The van der Waals surface area contributed by atoms with Crippen LogP contribution in [-0.2, 0) is 0 Å². The van der Waals surface area contributed by atoms with Crippen molar-refractivity contribution in [3.05, 3.63) is 75.2 Å². The van der Waals surface area contributed by atoms with Gasteiger partial charge in [0.15, 0.2) is 10.9 Å². The van der Waals surface area contributed by atoms with E-state index >= 15 is 0 Å². The summed E-state index contributed by atoms with van der Waals surface area (Å²) in [5.74, 6) is 0. The minimum absolute atomic E-state index is 0.0143. The van der Waals surface area contributed by atoms with Crippen molar-refractivity contribution < 1.29 is 0 Å². The molecule has 3 aromatic carbocycles. The van der Waals surface area contributed by atoms with E-state index in [9.17, 15) is 19.2 Å². The number of benzene rings is 3. The van der Waals surface area contributed by atoms with Crippen LogP contribution in [0.25, 0.3) is 21.5 Å². The zero-order valence-electron chi connectivity index (χ0n) is 9.70. The predicted molar refractivity (Wildman–Crippen MR) is 78.9 cm³/mol. The Kier molecular flexibility index (Phi) is 2.74. The Hall–Kier alpha value is -2.04. The van der Waals surface area contributed by atoms with Gasteiger partial charge < -0.3 is 0 Å². The summed E-state index contributed by atoms with van der Waals surface area (Å²) >= 11 is 11.4. The fraction of sp³-hybridized carbons (Fsp3) is 0. The molecular weight excluding hydrogens is 303 g/mol. The Morgan fingerprint density at radius 3 is 1.30 bits per heavy atom. The molecule has 0 saturated heterocycles. The number of fused-ring (bicyclic) bond motifs is 2. The SMILES string of the molecule is O=c1ccc(=O)c2cc3c(=O)c(Cl)c(Cl)c(=O)c3cc12. The van der Waals surface area contributed by atoms with Gasteiger partial charge in [0.1, 0.15) is 10.0 Å². The maximum Gasteiger partial charge on any atom is 0.206 e. The molecule has 3 rings (SSSR count). The van der Waals surface area contributed by atoms with Gasteiger partial charge >= 0.3 is 0 Å². The molecule has 0 saturated carbocycles. The van der Waals surface area contributed by atoms with Crippen LogP contribution in [0.1, 0.15) is 0 Å². The van der Waals surface area contributed by atoms with E-state index in [2.05, 4.69) is 0 Å². The van der Waals surface area contributed by atoms with Crippen molar-refractivity contribution in [3.63, 3.8) is 0 Å². The molecule has 0 aromatic heterocycles. The molecule has 3 aromatic rings. The molecule has 0 radical (unpaired) electrons. The van der Waals surface area contributed by atoms with E-state index in [4.69, 9.17) is 23.2 Å². The summed E-state index contributed by atoms with van der Waals surface area (Å²) in [4.78, 5) is 47.5. The van der Waals surface area contributed by atoms with Crippen molar-refractivity contribution in [1.29, 1.82) is 0 Å². The van der Waals surface area contributed by atoms with Gasteiger partial charge in [-0.1, -0.05) is 23.2 Å². The second kappa shape index (κ2) is 4.23. The number of hydrogen-bond acceptors (Lipinski definition) is 4. The zero-order valence-corrected chi connectivity index (χ0v) is 11.2. The second-order valence-electron chi connectivity index (χ2n) is 4.29. The van der Waals surface area contributed by atoms with Crippen molar-refractivity contribution >= 4 is 44.7 Å². The largest absolute Gasteiger partial charge is 0.289 e. The first-order valence-corrected chi connectivity index (χ1v) is 6.27. The van der Waals surface area contributed by atoms with E-state index in [0.29, 0.717) is 0 Å². The van der Waals surface area contributed by atoms with Gasteiger partial charge in [-0.25, -0.2) is 0 Å². The fourth-order valence-corrected chi connectivity index (χ4v) is 2.53. The van der Waals surface area contributed by atoms with Crippen LogP contribution in [0, 0.1) is 0 Å². The third-order valence-corrected chi connectivity index (χ3v) is 3.97. The lowest BCUT2D eigenvalue weighted by Gasteiger charge is -2.01. The van der Waals surface area contributed by atoms with Crippen LogP contribution in [0.2, 0.25) is 10.0 Å². The summed E-state index contributed by atoms with van der Waals surface area (Å²) in [6.07, 6.45) is 0. The van der Waals surface area contributed by atoms with Crippen LogP contribution in [0.4, 0.5) is 0 Å². The van der Waals surface area contributed by atoms with Crippen LogP contribution in [0.15, 0.2) is 43.4 Å². The molecule has 0 amide bonds. The van der Waals surface area contributed by atoms with Gasteiger partial charge in [0, 0.05) is 21.5 Å². The quantitative estimate of drug-likeness (QED) is 0.592. The van der Waals surface area contributed by atoms with E-state index in [1.807, 2.05) is 0 Å². The maximum absolute atomic E-state index is 12.0. The first-order valence-electron chi connectivity index (χ1n) is 5.51. The molecule has 6 heteroatoms. The molecule has 4 nitrogen and oxygen atoms in total. The van der Waals surface area contributed by atoms with Crippen LogP contribution < -0.4 is 21.7 Å². The molecule has 0 aliphatic rings. The Morgan fingerprint density at radius 1 is 0.600 bits per heavy atom. The Balaban J connectivity index is 2.77. The van der Waals surface area contributed by atoms with Crippen molar-refractivity contribution in [3.8, 4) is 0 Å². The highest BCUT2D eigenvalue weighted by molar-refractivity contribution is 6.42. The predicted octanol–water partition coefficient (Wildman–Crippen LogP) is 1.62. The van der Waals surface area contributed by atoms with E-state index in [0.717, 1.165) is 12.1 Å². The van der Waals surface area contributed by atoms with Gasteiger partial charge in [-0.3, -0.25) is 19.2 Å². The average Bonchev–Trinajstić information content (AvgIpc) is 2.45. The molecule has 0 bridgehead atoms. The van der Waals surface area contributed by atoms with E-state index in [-0.39, 0.29) is 31.6 Å². The normalized spacial score (nSPS) is 11.3. The Labute approximate surface area is 120 Å². The summed E-state index contributed by atoms with van der Waals surface area (Å²) in [6, 6.07) is 4.69. The van der Waals surface area contributed by atoms with Gasteiger partial charge in [0.05, 0.1) is 0 Å². The summed E-state index contributed by atoms with van der Waals surface area (Å²) in [5, 5.41) is -0.623. The van der Waals surface area contributed by atoms with Crippen LogP contribution in [0.3, 0.4) is 0 Å². The van der Waals surface area contributed by atoms with Crippen LogP contribution >= 0.6 is 23.2 Å². The van der Waals surface area contributed by atoms with Crippen molar-refractivity contribution in [2.24, 2.45) is 0 Å². The van der Waals surface area contributed by atoms with E-state index < -0.39 is 21.7 Å². The Morgan fingerprint density at radius 2 is 0.950 bits per heavy atom. The number of rotatable bonds is 0. The monoisotopic (exact) mass is 306 g/mol. The average molecular weight is 307 g/mol. The molecule has 0 fully saturated rings. The van der Waals surface area contributed by atoms with Gasteiger partial charge in [0.25, 0.3) is 0 Å². The molecule has 20 heavy (non-hydrogen) atoms. The third-order valence-electron chi connectivity index (χ3n) is 3.16. The van der Waals surface area contributed by atoms with Crippen LogP contribution in [-0.4, -0.2) is 0 Å². The lowest BCUT2D eigenvalue weighted by Crippen LogP contribution is -2.16. The molecule has 0 spiro atoms. The molecule has 0 atom stereocenters. The van der Waals surface area contributed by atoms with Gasteiger partial charge in [-0.05, 0) is 24.3 Å². The molecule has 0 aliphatic heterocycles. The first kappa shape index (κ1) is 13.0.